The lowest BCUT2D eigenvalue weighted by Gasteiger charge is -2.13. The normalized spacial score (nSPS) is 11.0. The van der Waals surface area contributed by atoms with E-state index in [9.17, 15) is 13.2 Å². The summed E-state index contributed by atoms with van der Waals surface area (Å²) in [7, 11) is 0. The molecule has 0 bridgehead atoms. The van der Waals surface area contributed by atoms with Crippen molar-refractivity contribution in [1.29, 1.82) is 0 Å². The van der Waals surface area contributed by atoms with Gasteiger partial charge in [-0.05, 0) is 29.3 Å². The maximum atomic E-state index is 12.1. The van der Waals surface area contributed by atoms with Crippen LogP contribution in [-0.2, 0) is 0 Å². The summed E-state index contributed by atoms with van der Waals surface area (Å²) in [4.78, 5) is 0.301. The van der Waals surface area contributed by atoms with Crippen LogP contribution in [0.25, 0.3) is 0 Å². The number of hydrogen-bond donors (Lipinski definition) is 0. The predicted molar refractivity (Wildman–Crippen MR) is 63.8 cm³/mol. The van der Waals surface area contributed by atoms with Crippen LogP contribution in [0.3, 0.4) is 0 Å². The molecule has 16 heavy (non-hydrogen) atoms. The molecule has 1 aromatic rings. The molecule has 0 N–H and O–H groups in total. The standard InChI is InChI=1S/C10H11F3S.C2H6/c1-7(2)8-5-3-4-6-9(8)14-10(11,12)13;1-2/h3-7H,1-2H3;1-2H3. The second kappa shape index (κ2) is 6.84. The summed E-state index contributed by atoms with van der Waals surface area (Å²) in [5, 5.41) is 0. The van der Waals surface area contributed by atoms with Gasteiger partial charge < -0.3 is 0 Å². The Labute approximate surface area is 99.2 Å². The topological polar surface area (TPSA) is 0 Å². The van der Waals surface area contributed by atoms with Gasteiger partial charge >= 0.3 is 5.51 Å². The zero-order valence-corrected chi connectivity index (χ0v) is 10.7. The third-order valence-corrected chi connectivity index (χ3v) is 2.59. The lowest BCUT2D eigenvalue weighted by Crippen LogP contribution is -2.01. The minimum Gasteiger partial charge on any atom is -0.160 e. The second-order valence-corrected chi connectivity index (χ2v) is 4.35. The van der Waals surface area contributed by atoms with Gasteiger partial charge in [-0.3, -0.25) is 0 Å². The van der Waals surface area contributed by atoms with Gasteiger partial charge in [-0.15, -0.1) is 0 Å². The first-order valence-corrected chi connectivity index (χ1v) is 6.06. The Morgan fingerprint density at radius 3 is 2.00 bits per heavy atom. The second-order valence-electron chi connectivity index (χ2n) is 3.24. The van der Waals surface area contributed by atoms with Crippen molar-refractivity contribution in [3.63, 3.8) is 0 Å². The fourth-order valence-corrected chi connectivity index (χ4v) is 1.99. The lowest BCUT2D eigenvalue weighted by atomic mass is 10.0. The number of thioether (sulfide) groups is 1. The molecule has 0 saturated carbocycles. The molecule has 92 valence electrons. The molecule has 0 aromatic heterocycles. The number of hydrogen-bond acceptors (Lipinski definition) is 1. The van der Waals surface area contributed by atoms with Crippen molar-refractivity contribution in [2.45, 2.75) is 44.0 Å². The van der Waals surface area contributed by atoms with Crippen LogP contribution in [0.15, 0.2) is 29.2 Å². The van der Waals surface area contributed by atoms with Crippen molar-refractivity contribution in [3.8, 4) is 0 Å². The Bertz CT molecular complexity index is 305. The molecule has 0 heterocycles. The summed E-state index contributed by atoms with van der Waals surface area (Å²) in [6.45, 7) is 7.77. The quantitative estimate of drug-likeness (QED) is 0.629. The molecule has 0 amide bonds. The van der Waals surface area contributed by atoms with Crippen molar-refractivity contribution >= 4 is 11.8 Å². The van der Waals surface area contributed by atoms with Crippen molar-refractivity contribution in [1.82, 2.24) is 0 Å². The van der Waals surface area contributed by atoms with Gasteiger partial charge in [-0.2, -0.15) is 13.2 Å². The van der Waals surface area contributed by atoms with E-state index in [1.165, 1.54) is 6.07 Å². The van der Waals surface area contributed by atoms with E-state index < -0.39 is 5.51 Å². The van der Waals surface area contributed by atoms with Crippen molar-refractivity contribution < 1.29 is 13.2 Å². The molecule has 0 fully saturated rings. The Morgan fingerprint density at radius 1 is 1.06 bits per heavy atom. The van der Waals surface area contributed by atoms with Gasteiger partial charge in [0.15, 0.2) is 0 Å². The Morgan fingerprint density at radius 2 is 1.56 bits per heavy atom. The van der Waals surface area contributed by atoms with Crippen LogP contribution in [0.1, 0.15) is 39.2 Å². The average Bonchev–Trinajstić information content (AvgIpc) is 2.19. The highest BCUT2D eigenvalue weighted by Crippen LogP contribution is 2.40. The summed E-state index contributed by atoms with van der Waals surface area (Å²) in [5.41, 5.74) is -3.46. The molecule has 0 saturated heterocycles. The largest absolute Gasteiger partial charge is 0.446 e. The molecule has 0 aliphatic heterocycles. The van der Waals surface area contributed by atoms with E-state index in [0.717, 1.165) is 5.56 Å². The molecule has 0 radical (unpaired) electrons. The Kier molecular flexibility index (Phi) is 6.56. The molecule has 0 nitrogen and oxygen atoms in total. The monoisotopic (exact) mass is 250 g/mol. The van der Waals surface area contributed by atoms with E-state index in [1.54, 1.807) is 18.2 Å². The average molecular weight is 250 g/mol. The lowest BCUT2D eigenvalue weighted by molar-refractivity contribution is -0.0328. The van der Waals surface area contributed by atoms with Crippen LogP contribution < -0.4 is 0 Å². The molecule has 0 spiro atoms. The van der Waals surface area contributed by atoms with Crippen LogP contribution in [0.2, 0.25) is 0 Å². The van der Waals surface area contributed by atoms with E-state index in [4.69, 9.17) is 0 Å². The summed E-state index contributed by atoms with van der Waals surface area (Å²) < 4.78 is 36.4. The van der Waals surface area contributed by atoms with E-state index in [-0.39, 0.29) is 17.7 Å². The van der Waals surface area contributed by atoms with Gasteiger partial charge in [0, 0.05) is 4.90 Å². The van der Waals surface area contributed by atoms with Gasteiger partial charge in [0.25, 0.3) is 0 Å². The van der Waals surface area contributed by atoms with E-state index >= 15 is 0 Å². The molecular weight excluding hydrogens is 233 g/mol. The maximum absolute atomic E-state index is 12.1. The Balaban J connectivity index is 0.00000106. The highest BCUT2D eigenvalue weighted by Gasteiger charge is 2.30. The fraction of sp³-hybridized carbons (Fsp3) is 0.500. The molecule has 4 heteroatoms. The highest BCUT2D eigenvalue weighted by atomic mass is 32.2. The number of rotatable bonds is 2. The van der Waals surface area contributed by atoms with Crippen LogP contribution in [0.5, 0.6) is 0 Å². The fourth-order valence-electron chi connectivity index (χ4n) is 1.18. The summed E-state index contributed by atoms with van der Waals surface area (Å²) in [6.07, 6.45) is 0. The first kappa shape index (κ1) is 15.4. The van der Waals surface area contributed by atoms with E-state index in [2.05, 4.69) is 0 Å². The molecule has 0 aliphatic carbocycles. The molecule has 1 aromatic carbocycles. The molecule has 0 unspecified atom stereocenters. The first-order chi connectivity index (χ1) is 7.40. The van der Waals surface area contributed by atoms with Gasteiger partial charge in [0.1, 0.15) is 0 Å². The van der Waals surface area contributed by atoms with Crippen molar-refractivity contribution in [2.24, 2.45) is 0 Å². The minimum atomic E-state index is -4.20. The number of alkyl halides is 3. The first-order valence-electron chi connectivity index (χ1n) is 5.25. The molecule has 0 atom stereocenters. The SMILES string of the molecule is CC.CC(C)c1ccccc1SC(F)(F)F. The third kappa shape index (κ3) is 5.45. The number of benzene rings is 1. The van der Waals surface area contributed by atoms with Gasteiger partial charge in [0.2, 0.25) is 0 Å². The maximum Gasteiger partial charge on any atom is 0.446 e. The smallest absolute Gasteiger partial charge is 0.160 e. The third-order valence-electron chi connectivity index (χ3n) is 1.77. The van der Waals surface area contributed by atoms with Gasteiger partial charge in [-0.25, -0.2) is 0 Å². The van der Waals surface area contributed by atoms with Crippen LogP contribution in [0, 0.1) is 0 Å². The summed E-state index contributed by atoms with van der Waals surface area (Å²) >= 11 is -0.0443. The molecule has 0 aliphatic rings. The van der Waals surface area contributed by atoms with Crippen molar-refractivity contribution in [3.05, 3.63) is 29.8 Å². The van der Waals surface area contributed by atoms with Gasteiger partial charge in [-0.1, -0.05) is 45.9 Å². The zero-order chi connectivity index (χ0) is 12.8. The van der Waals surface area contributed by atoms with E-state index in [0.29, 0.717) is 4.90 Å². The molecular formula is C12H17F3S. The summed E-state index contributed by atoms with van der Waals surface area (Å²) in [6, 6.07) is 6.63. The zero-order valence-electron chi connectivity index (χ0n) is 9.93. The summed E-state index contributed by atoms with van der Waals surface area (Å²) in [5.74, 6) is 0.112. The minimum absolute atomic E-state index is 0.0443. The number of halogens is 3. The highest BCUT2D eigenvalue weighted by molar-refractivity contribution is 8.00. The van der Waals surface area contributed by atoms with Gasteiger partial charge in [0.05, 0.1) is 0 Å². The van der Waals surface area contributed by atoms with Crippen LogP contribution in [0.4, 0.5) is 13.2 Å². The molecule has 1 rings (SSSR count). The predicted octanol–water partition coefficient (Wildman–Crippen LogP) is 5.45. The van der Waals surface area contributed by atoms with Crippen LogP contribution >= 0.6 is 11.8 Å². The van der Waals surface area contributed by atoms with E-state index in [1.807, 2.05) is 27.7 Å². The van der Waals surface area contributed by atoms with Crippen LogP contribution in [-0.4, -0.2) is 5.51 Å². The van der Waals surface area contributed by atoms with Crippen molar-refractivity contribution in [2.75, 3.05) is 0 Å². The Hall–Kier alpha value is -0.640.